The molecule has 27 heavy (non-hydrogen) atoms. The van der Waals surface area contributed by atoms with Crippen molar-refractivity contribution < 1.29 is 19.2 Å². The van der Waals surface area contributed by atoms with Crippen LogP contribution in [0.3, 0.4) is 0 Å². The molecule has 3 rings (SSSR count). The maximum atomic E-state index is 11.5. The number of hydrogen-bond acceptors (Lipinski definition) is 5. The third-order valence-corrected chi connectivity index (χ3v) is 4.11. The summed E-state index contributed by atoms with van der Waals surface area (Å²) >= 11 is 0. The number of non-ortho nitro benzene ring substituents is 1. The largest absolute Gasteiger partial charge is 0.480 e. The second-order valence-corrected chi connectivity index (χ2v) is 6.03. The molecule has 0 saturated heterocycles. The van der Waals surface area contributed by atoms with Gasteiger partial charge in [-0.25, -0.2) is 0 Å². The molecule has 2 N–H and O–H groups in total. The van der Waals surface area contributed by atoms with Crippen molar-refractivity contribution in [3.63, 3.8) is 0 Å². The van der Waals surface area contributed by atoms with Gasteiger partial charge in [0.05, 0.1) is 11.5 Å². The lowest BCUT2D eigenvalue weighted by atomic mass is 10.1. The summed E-state index contributed by atoms with van der Waals surface area (Å²) in [6.45, 7) is 0.235. The SMILES string of the molecule is O=C(O)[C@@H](Cc1ccccc1)NCc1ccc(-c2cccc([N+](=O)[O-])c2)o1. The molecule has 0 saturated carbocycles. The van der Waals surface area contributed by atoms with Crippen molar-refractivity contribution in [1.29, 1.82) is 0 Å². The van der Waals surface area contributed by atoms with Crippen LogP contribution in [0.25, 0.3) is 11.3 Å². The molecule has 3 aromatic rings. The molecule has 0 bridgehead atoms. The lowest BCUT2D eigenvalue weighted by Crippen LogP contribution is -2.38. The van der Waals surface area contributed by atoms with Crippen LogP contribution >= 0.6 is 0 Å². The number of nitro benzene ring substituents is 1. The fourth-order valence-corrected chi connectivity index (χ4v) is 2.72. The zero-order valence-corrected chi connectivity index (χ0v) is 14.4. The first-order valence-electron chi connectivity index (χ1n) is 8.36. The van der Waals surface area contributed by atoms with E-state index < -0.39 is 16.9 Å². The van der Waals surface area contributed by atoms with Crippen LogP contribution in [-0.4, -0.2) is 22.0 Å². The van der Waals surface area contributed by atoms with Gasteiger partial charge in [0.2, 0.25) is 0 Å². The minimum Gasteiger partial charge on any atom is -0.480 e. The summed E-state index contributed by atoms with van der Waals surface area (Å²) in [4.78, 5) is 21.9. The number of benzene rings is 2. The van der Waals surface area contributed by atoms with E-state index in [2.05, 4.69) is 5.32 Å². The fourth-order valence-electron chi connectivity index (χ4n) is 2.72. The minimum atomic E-state index is -0.940. The molecular weight excluding hydrogens is 348 g/mol. The Labute approximate surface area is 155 Å². The second-order valence-electron chi connectivity index (χ2n) is 6.03. The number of carboxylic acid groups (broad SMARTS) is 1. The standard InChI is InChI=1S/C20H18N2O5/c23-20(24)18(11-14-5-2-1-3-6-14)21-13-17-9-10-19(27-17)15-7-4-8-16(12-15)22(25)26/h1-10,12,18,21H,11,13H2,(H,23,24)/t18-/m1/s1. The smallest absolute Gasteiger partial charge is 0.321 e. The first-order chi connectivity index (χ1) is 13.0. The van der Waals surface area contributed by atoms with Crippen molar-refractivity contribution in [3.05, 3.63) is 88.2 Å². The third kappa shape index (κ3) is 4.80. The summed E-state index contributed by atoms with van der Waals surface area (Å²) in [6.07, 6.45) is 0.356. The second kappa shape index (κ2) is 8.29. The average molecular weight is 366 g/mol. The van der Waals surface area contributed by atoms with E-state index in [1.165, 1.54) is 12.1 Å². The molecule has 0 aliphatic rings. The van der Waals surface area contributed by atoms with Gasteiger partial charge in [0.25, 0.3) is 5.69 Å². The van der Waals surface area contributed by atoms with Crippen LogP contribution in [0.1, 0.15) is 11.3 Å². The fraction of sp³-hybridized carbons (Fsp3) is 0.150. The van der Waals surface area contributed by atoms with Crippen LogP contribution in [-0.2, 0) is 17.8 Å². The molecule has 2 aromatic carbocycles. The molecule has 7 nitrogen and oxygen atoms in total. The molecule has 1 atom stereocenters. The minimum absolute atomic E-state index is 0.0163. The monoisotopic (exact) mass is 366 g/mol. The van der Waals surface area contributed by atoms with Crippen molar-refractivity contribution in [1.82, 2.24) is 5.32 Å². The van der Waals surface area contributed by atoms with Gasteiger partial charge in [0.1, 0.15) is 17.6 Å². The van der Waals surface area contributed by atoms with Crippen molar-refractivity contribution in [3.8, 4) is 11.3 Å². The van der Waals surface area contributed by atoms with E-state index in [0.717, 1.165) is 5.56 Å². The van der Waals surface area contributed by atoms with Crippen molar-refractivity contribution in [2.24, 2.45) is 0 Å². The predicted octanol–water partition coefficient (Wildman–Crippen LogP) is 3.64. The van der Waals surface area contributed by atoms with Gasteiger partial charge in [0.15, 0.2) is 0 Å². The van der Waals surface area contributed by atoms with Crippen LogP contribution in [0.15, 0.2) is 71.1 Å². The zero-order valence-electron chi connectivity index (χ0n) is 14.4. The van der Waals surface area contributed by atoms with Crippen LogP contribution in [0.5, 0.6) is 0 Å². The lowest BCUT2D eigenvalue weighted by Gasteiger charge is -2.13. The van der Waals surface area contributed by atoms with Gasteiger partial charge in [0, 0.05) is 17.7 Å². The third-order valence-electron chi connectivity index (χ3n) is 4.11. The molecule has 7 heteroatoms. The Morgan fingerprint density at radius 1 is 1.11 bits per heavy atom. The predicted molar refractivity (Wildman–Crippen MR) is 99.2 cm³/mol. The number of rotatable bonds is 8. The Morgan fingerprint density at radius 3 is 2.59 bits per heavy atom. The highest BCUT2D eigenvalue weighted by molar-refractivity contribution is 5.73. The molecule has 0 aliphatic heterocycles. The normalized spacial score (nSPS) is 11.9. The Balaban J connectivity index is 1.67. The molecule has 0 amide bonds. The molecule has 0 radical (unpaired) electrons. The number of nitrogens with one attached hydrogen (secondary N) is 1. The maximum absolute atomic E-state index is 11.5. The van der Waals surface area contributed by atoms with Crippen molar-refractivity contribution in [2.45, 2.75) is 19.0 Å². The van der Waals surface area contributed by atoms with Gasteiger partial charge >= 0.3 is 5.97 Å². The maximum Gasteiger partial charge on any atom is 0.321 e. The van der Waals surface area contributed by atoms with E-state index in [4.69, 9.17) is 4.42 Å². The van der Waals surface area contributed by atoms with E-state index in [1.54, 1.807) is 24.3 Å². The first kappa shape index (κ1) is 18.3. The van der Waals surface area contributed by atoms with Crippen LogP contribution in [0, 0.1) is 10.1 Å². The topological polar surface area (TPSA) is 106 Å². The summed E-state index contributed by atoms with van der Waals surface area (Å²) in [5.74, 6) is 0.102. The van der Waals surface area contributed by atoms with Crippen molar-refractivity contribution >= 4 is 11.7 Å². The Hall–Kier alpha value is -3.45. The number of nitrogens with zero attached hydrogens (tertiary/aromatic N) is 1. The quantitative estimate of drug-likeness (QED) is 0.466. The molecule has 0 fully saturated rings. The van der Waals surface area contributed by atoms with Gasteiger partial charge in [-0.1, -0.05) is 42.5 Å². The molecule has 1 heterocycles. The van der Waals surface area contributed by atoms with E-state index >= 15 is 0 Å². The Kier molecular flexibility index (Phi) is 5.63. The van der Waals surface area contributed by atoms with Gasteiger partial charge in [-0.15, -0.1) is 0 Å². The molecule has 138 valence electrons. The molecular formula is C20H18N2O5. The summed E-state index contributed by atoms with van der Waals surface area (Å²) in [5, 5.41) is 23.3. The number of furan rings is 1. The Bertz CT molecular complexity index is 936. The number of aliphatic carboxylic acids is 1. The number of carbonyl (C=O) groups is 1. The number of hydrogen-bond donors (Lipinski definition) is 2. The van der Waals surface area contributed by atoms with Crippen LogP contribution in [0.2, 0.25) is 0 Å². The highest BCUT2D eigenvalue weighted by Gasteiger charge is 2.18. The average Bonchev–Trinajstić information content (AvgIpc) is 3.15. The summed E-state index contributed by atoms with van der Waals surface area (Å²) < 4.78 is 5.71. The van der Waals surface area contributed by atoms with E-state index in [1.807, 2.05) is 30.3 Å². The van der Waals surface area contributed by atoms with E-state index in [9.17, 15) is 20.0 Å². The van der Waals surface area contributed by atoms with Crippen molar-refractivity contribution in [2.75, 3.05) is 0 Å². The van der Waals surface area contributed by atoms with E-state index in [0.29, 0.717) is 23.5 Å². The van der Waals surface area contributed by atoms with Gasteiger partial charge in [-0.3, -0.25) is 20.2 Å². The van der Waals surface area contributed by atoms with E-state index in [-0.39, 0.29) is 12.2 Å². The number of nitro groups is 1. The van der Waals surface area contributed by atoms with Gasteiger partial charge in [-0.05, 0) is 24.1 Å². The van der Waals surface area contributed by atoms with Gasteiger partial charge < -0.3 is 9.52 Å². The van der Waals surface area contributed by atoms with Crippen LogP contribution < -0.4 is 5.32 Å². The summed E-state index contributed by atoms with van der Waals surface area (Å²) in [5.41, 5.74) is 1.50. The van der Waals surface area contributed by atoms with Crippen LogP contribution in [0.4, 0.5) is 5.69 Å². The first-order valence-corrected chi connectivity index (χ1v) is 8.36. The highest BCUT2D eigenvalue weighted by Crippen LogP contribution is 2.25. The molecule has 0 aliphatic carbocycles. The summed E-state index contributed by atoms with van der Waals surface area (Å²) in [7, 11) is 0. The zero-order chi connectivity index (χ0) is 19.2. The lowest BCUT2D eigenvalue weighted by molar-refractivity contribution is -0.384. The highest BCUT2D eigenvalue weighted by atomic mass is 16.6. The molecule has 1 aromatic heterocycles. The summed E-state index contributed by atoms with van der Waals surface area (Å²) in [6, 6.07) is 18.2. The number of carboxylic acids is 1. The Morgan fingerprint density at radius 2 is 1.89 bits per heavy atom. The molecule has 0 unspecified atom stereocenters. The van der Waals surface area contributed by atoms with Gasteiger partial charge in [-0.2, -0.15) is 0 Å². The molecule has 0 spiro atoms.